The number of rotatable bonds is 7. The van der Waals surface area contributed by atoms with Gasteiger partial charge < -0.3 is 30.2 Å². The van der Waals surface area contributed by atoms with Gasteiger partial charge in [0.1, 0.15) is 24.0 Å². The van der Waals surface area contributed by atoms with Gasteiger partial charge in [-0.05, 0) is 50.1 Å². The van der Waals surface area contributed by atoms with Crippen molar-refractivity contribution >= 4 is 12.1 Å². The molecule has 0 aliphatic heterocycles. The van der Waals surface area contributed by atoms with Gasteiger partial charge in [-0.1, -0.05) is 24.3 Å². The first-order chi connectivity index (χ1) is 13.3. The number of hydrogen-bond donors (Lipinski definition) is 3. The summed E-state index contributed by atoms with van der Waals surface area (Å²) in [7, 11) is 0. The first-order valence-electron chi connectivity index (χ1n) is 8.66. The zero-order valence-electron chi connectivity index (χ0n) is 15.6. The Balaban J connectivity index is 1.82. The zero-order valence-corrected chi connectivity index (χ0v) is 15.6. The molecule has 0 radical (unpaired) electrons. The van der Waals surface area contributed by atoms with Crippen molar-refractivity contribution in [3.63, 3.8) is 0 Å². The summed E-state index contributed by atoms with van der Waals surface area (Å²) in [5.41, 5.74) is 6.40. The van der Waals surface area contributed by atoms with Crippen LogP contribution in [0.25, 0.3) is 0 Å². The molecule has 150 valence electrons. The molecule has 2 aromatic rings. The van der Waals surface area contributed by atoms with E-state index in [1.807, 2.05) is 0 Å². The standard InChI is InChI=1S/C20H23NO7/c1-12(13(2)27-20(25)28-15-6-4-3-5-7-15)26-19(24)16(21)10-14-8-9-17(22)18(23)11-14/h3-9,11-13,16,22-23H,10,21H2,1-2H3/t12-,13+,16+/m1/s1. The van der Waals surface area contributed by atoms with Gasteiger partial charge in [0.05, 0.1) is 0 Å². The smallest absolute Gasteiger partial charge is 0.504 e. The molecule has 2 rings (SSSR count). The van der Waals surface area contributed by atoms with Crippen molar-refractivity contribution in [2.24, 2.45) is 5.73 Å². The number of esters is 1. The highest BCUT2D eigenvalue weighted by Gasteiger charge is 2.25. The van der Waals surface area contributed by atoms with Crippen molar-refractivity contribution in [2.75, 3.05) is 0 Å². The lowest BCUT2D eigenvalue weighted by Crippen LogP contribution is -2.39. The van der Waals surface area contributed by atoms with Gasteiger partial charge in [0, 0.05) is 0 Å². The van der Waals surface area contributed by atoms with Gasteiger partial charge in [-0.3, -0.25) is 4.79 Å². The molecule has 3 atom stereocenters. The molecule has 2 aromatic carbocycles. The van der Waals surface area contributed by atoms with E-state index < -0.39 is 30.4 Å². The number of carbonyl (C=O) groups is 2. The fraction of sp³-hybridized carbons (Fsp3) is 0.300. The second-order valence-corrected chi connectivity index (χ2v) is 6.26. The maximum absolute atomic E-state index is 12.2. The molecule has 0 amide bonds. The third-order valence-corrected chi connectivity index (χ3v) is 3.99. The molecule has 8 nitrogen and oxygen atoms in total. The van der Waals surface area contributed by atoms with Gasteiger partial charge in [-0.25, -0.2) is 4.79 Å². The van der Waals surface area contributed by atoms with E-state index in [-0.39, 0.29) is 17.9 Å². The maximum Gasteiger partial charge on any atom is 0.514 e. The zero-order chi connectivity index (χ0) is 20.7. The molecule has 4 N–H and O–H groups in total. The van der Waals surface area contributed by atoms with Gasteiger partial charge in [-0.15, -0.1) is 0 Å². The van der Waals surface area contributed by atoms with Crippen LogP contribution in [0.2, 0.25) is 0 Å². The summed E-state index contributed by atoms with van der Waals surface area (Å²) in [5, 5.41) is 18.8. The van der Waals surface area contributed by atoms with Gasteiger partial charge in [-0.2, -0.15) is 0 Å². The lowest BCUT2D eigenvalue weighted by molar-refractivity contribution is -0.155. The van der Waals surface area contributed by atoms with E-state index in [2.05, 4.69) is 0 Å². The number of phenols is 2. The molecule has 0 aliphatic carbocycles. The predicted molar refractivity (Wildman–Crippen MR) is 100 cm³/mol. The lowest BCUT2D eigenvalue weighted by atomic mass is 10.1. The van der Waals surface area contributed by atoms with Crippen LogP contribution >= 0.6 is 0 Å². The number of carbonyl (C=O) groups excluding carboxylic acids is 2. The average molecular weight is 389 g/mol. The summed E-state index contributed by atoms with van der Waals surface area (Å²) >= 11 is 0. The van der Waals surface area contributed by atoms with Crippen molar-refractivity contribution in [3.05, 3.63) is 54.1 Å². The van der Waals surface area contributed by atoms with Gasteiger partial charge >= 0.3 is 12.1 Å². The topological polar surface area (TPSA) is 128 Å². The fourth-order valence-corrected chi connectivity index (χ4v) is 2.26. The second kappa shape index (κ2) is 9.61. The number of nitrogens with two attached hydrogens (primary N) is 1. The lowest BCUT2D eigenvalue weighted by Gasteiger charge is -2.22. The highest BCUT2D eigenvalue weighted by molar-refractivity contribution is 5.76. The van der Waals surface area contributed by atoms with Crippen molar-refractivity contribution in [1.82, 2.24) is 0 Å². The van der Waals surface area contributed by atoms with Crippen LogP contribution in [-0.2, 0) is 20.7 Å². The van der Waals surface area contributed by atoms with Crippen molar-refractivity contribution in [3.8, 4) is 17.2 Å². The second-order valence-electron chi connectivity index (χ2n) is 6.26. The third-order valence-electron chi connectivity index (χ3n) is 3.99. The predicted octanol–water partition coefficient (Wildman–Crippen LogP) is 2.50. The summed E-state index contributed by atoms with van der Waals surface area (Å²) in [4.78, 5) is 24.0. The Morgan fingerprint density at radius 3 is 2.25 bits per heavy atom. The summed E-state index contributed by atoms with van der Waals surface area (Å²) in [6.45, 7) is 3.13. The number of phenolic OH excluding ortho intramolecular Hbond substituents is 2. The Morgan fingerprint density at radius 1 is 0.964 bits per heavy atom. The number of para-hydroxylation sites is 1. The number of benzene rings is 2. The van der Waals surface area contributed by atoms with E-state index in [0.29, 0.717) is 11.3 Å². The molecule has 0 unspecified atom stereocenters. The molecule has 0 heterocycles. The summed E-state index contributed by atoms with van der Waals surface area (Å²) < 4.78 is 15.4. The molecule has 28 heavy (non-hydrogen) atoms. The van der Waals surface area contributed by atoms with Crippen LogP contribution in [0.1, 0.15) is 19.4 Å². The largest absolute Gasteiger partial charge is 0.514 e. The molecular weight excluding hydrogens is 366 g/mol. The summed E-state index contributed by atoms with van der Waals surface area (Å²) in [6.07, 6.45) is -2.32. The SMILES string of the molecule is C[C@H](OC(=O)Oc1ccccc1)[C@@H](C)OC(=O)[C@@H](N)Cc1ccc(O)c(O)c1. The summed E-state index contributed by atoms with van der Waals surface area (Å²) in [5.74, 6) is -0.914. The molecule has 8 heteroatoms. The number of ether oxygens (including phenoxy) is 3. The Hall–Kier alpha value is -3.26. The molecule has 0 aromatic heterocycles. The van der Waals surface area contributed by atoms with E-state index in [1.54, 1.807) is 44.2 Å². The molecule has 0 aliphatic rings. The minimum atomic E-state index is -0.991. The number of aromatic hydroxyl groups is 2. The summed E-state index contributed by atoms with van der Waals surface area (Å²) in [6, 6.07) is 11.6. The fourth-order valence-electron chi connectivity index (χ4n) is 2.26. The van der Waals surface area contributed by atoms with Crippen LogP contribution in [-0.4, -0.2) is 40.6 Å². The average Bonchev–Trinajstić information content (AvgIpc) is 2.65. The Kier molecular flexibility index (Phi) is 7.22. The Bertz CT molecular complexity index is 809. The number of hydrogen-bond acceptors (Lipinski definition) is 8. The van der Waals surface area contributed by atoms with E-state index in [4.69, 9.17) is 19.9 Å². The minimum Gasteiger partial charge on any atom is -0.504 e. The Labute approximate surface area is 162 Å². The Morgan fingerprint density at radius 2 is 1.61 bits per heavy atom. The molecule has 0 fully saturated rings. The van der Waals surface area contributed by atoms with Crippen LogP contribution in [0.5, 0.6) is 17.2 Å². The highest BCUT2D eigenvalue weighted by Crippen LogP contribution is 2.25. The molecule has 0 bridgehead atoms. The van der Waals surface area contributed by atoms with Crippen LogP contribution < -0.4 is 10.5 Å². The first kappa shape index (κ1) is 21.0. The highest BCUT2D eigenvalue weighted by atomic mass is 16.7. The monoisotopic (exact) mass is 389 g/mol. The normalized spacial score (nSPS) is 13.8. The van der Waals surface area contributed by atoms with Crippen LogP contribution in [0.4, 0.5) is 4.79 Å². The van der Waals surface area contributed by atoms with Gasteiger partial charge in [0.15, 0.2) is 11.5 Å². The molecular formula is C20H23NO7. The maximum atomic E-state index is 12.2. The van der Waals surface area contributed by atoms with E-state index in [0.717, 1.165) is 0 Å². The van der Waals surface area contributed by atoms with Crippen LogP contribution in [0.15, 0.2) is 48.5 Å². The first-order valence-corrected chi connectivity index (χ1v) is 8.66. The van der Waals surface area contributed by atoms with Crippen molar-refractivity contribution in [2.45, 2.75) is 38.5 Å². The van der Waals surface area contributed by atoms with Crippen LogP contribution in [0.3, 0.4) is 0 Å². The minimum absolute atomic E-state index is 0.102. The van der Waals surface area contributed by atoms with Gasteiger partial charge in [0.25, 0.3) is 0 Å². The van der Waals surface area contributed by atoms with Gasteiger partial charge in [0.2, 0.25) is 0 Å². The van der Waals surface area contributed by atoms with Crippen LogP contribution in [0, 0.1) is 0 Å². The van der Waals surface area contributed by atoms with Crippen molar-refractivity contribution < 1.29 is 34.0 Å². The molecule has 0 saturated carbocycles. The van der Waals surface area contributed by atoms with E-state index in [1.165, 1.54) is 18.2 Å². The van der Waals surface area contributed by atoms with Crippen molar-refractivity contribution in [1.29, 1.82) is 0 Å². The van der Waals surface area contributed by atoms with E-state index >= 15 is 0 Å². The quantitative estimate of drug-likeness (QED) is 0.374. The van der Waals surface area contributed by atoms with E-state index in [9.17, 15) is 19.8 Å². The third kappa shape index (κ3) is 6.17. The molecule has 0 saturated heterocycles. The molecule has 0 spiro atoms.